The largest absolute Gasteiger partial charge is 0.260 e. The van der Waals surface area contributed by atoms with Crippen molar-refractivity contribution in [1.82, 2.24) is 0 Å². The van der Waals surface area contributed by atoms with Gasteiger partial charge in [0, 0.05) is 27.3 Å². The van der Waals surface area contributed by atoms with Crippen molar-refractivity contribution in [3.05, 3.63) is 106 Å². The summed E-state index contributed by atoms with van der Waals surface area (Å²) in [5.74, 6) is 0.745. The predicted octanol–water partition coefficient (Wildman–Crippen LogP) is 6.83. The third kappa shape index (κ3) is 2.66. The standard InChI is InChI=1S/C25H22ClNS/c1-17-22(16-19-10-5-6-12-21(19)26)28-24-14-15-27-23-13-7-11-20(25(17,23)24)18-8-3-2-4-9-18/h2-15,17,20,22H,16H2,1H3. The minimum Gasteiger partial charge on any atom is -0.260 e. The molecular formula is C25H22ClNS. The van der Waals surface area contributed by atoms with E-state index >= 15 is 0 Å². The number of allylic oxidation sites excluding steroid dienone is 5. The highest BCUT2D eigenvalue weighted by Gasteiger charge is 2.57. The highest BCUT2D eigenvalue weighted by atomic mass is 35.5. The molecule has 28 heavy (non-hydrogen) atoms. The molecule has 1 spiro atoms. The molecule has 140 valence electrons. The number of halogens is 1. The van der Waals surface area contributed by atoms with Gasteiger partial charge in [0.15, 0.2) is 0 Å². The normalized spacial score (nSPS) is 30.4. The molecule has 0 aromatic heterocycles. The number of nitrogens with zero attached hydrogens (tertiary/aromatic N) is 1. The molecule has 2 aliphatic heterocycles. The third-order valence-electron chi connectivity index (χ3n) is 6.41. The van der Waals surface area contributed by atoms with E-state index < -0.39 is 0 Å². The average Bonchev–Trinajstić information content (AvgIpc) is 3.01. The van der Waals surface area contributed by atoms with Crippen molar-refractivity contribution in [3.8, 4) is 0 Å². The Morgan fingerprint density at radius 3 is 2.64 bits per heavy atom. The molecule has 3 heteroatoms. The molecule has 4 unspecified atom stereocenters. The Morgan fingerprint density at radius 2 is 1.82 bits per heavy atom. The van der Waals surface area contributed by atoms with Gasteiger partial charge in [0.2, 0.25) is 0 Å². The van der Waals surface area contributed by atoms with Crippen molar-refractivity contribution in [2.45, 2.75) is 24.5 Å². The number of rotatable bonds is 3. The average molecular weight is 404 g/mol. The van der Waals surface area contributed by atoms with Crippen LogP contribution in [0.15, 0.2) is 94.5 Å². The molecule has 1 nitrogen and oxygen atoms in total. The van der Waals surface area contributed by atoms with Gasteiger partial charge >= 0.3 is 0 Å². The monoisotopic (exact) mass is 403 g/mol. The van der Waals surface area contributed by atoms with Gasteiger partial charge in [-0.25, -0.2) is 0 Å². The summed E-state index contributed by atoms with van der Waals surface area (Å²) in [5, 5.41) is 1.33. The number of benzene rings is 2. The molecule has 0 amide bonds. The molecule has 2 aromatic carbocycles. The van der Waals surface area contributed by atoms with Gasteiger partial charge < -0.3 is 0 Å². The van der Waals surface area contributed by atoms with Crippen LogP contribution in [0.4, 0.5) is 0 Å². The fourth-order valence-electron chi connectivity index (χ4n) is 5.03. The van der Waals surface area contributed by atoms with Crippen LogP contribution < -0.4 is 0 Å². The first-order valence-corrected chi connectivity index (χ1v) is 11.1. The maximum absolute atomic E-state index is 6.49. The van der Waals surface area contributed by atoms with Crippen molar-refractivity contribution in [2.24, 2.45) is 16.3 Å². The van der Waals surface area contributed by atoms with E-state index in [4.69, 9.17) is 16.6 Å². The summed E-state index contributed by atoms with van der Waals surface area (Å²) in [5.41, 5.74) is 3.71. The highest BCUT2D eigenvalue weighted by molar-refractivity contribution is 8.04. The summed E-state index contributed by atoms with van der Waals surface area (Å²) >= 11 is 8.51. The van der Waals surface area contributed by atoms with Gasteiger partial charge in [0.25, 0.3) is 0 Å². The third-order valence-corrected chi connectivity index (χ3v) is 8.39. The molecule has 0 saturated carbocycles. The lowest BCUT2D eigenvalue weighted by atomic mass is 9.59. The topological polar surface area (TPSA) is 12.4 Å². The van der Waals surface area contributed by atoms with Crippen LogP contribution in [0.5, 0.6) is 0 Å². The highest BCUT2D eigenvalue weighted by Crippen LogP contribution is 2.67. The van der Waals surface area contributed by atoms with Crippen molar-refractivity contribution in [2.75, 3.05) is 0 Å². The van der Waals surface area contributed by atoms with Crippen LogP contribution >= 0.6 is 23.4 Å². The van der Waals surface area contributed by atoms with Crippen molar-refractivity contribution < 1.29 is 0 Å². The Bertz CT molecular complexity index is 1020. The first kappa shape index (κ1) is 18.0. The van der Waals surface area contributed by atoms with Gasteiger partial charge in [-0.1, -0.05) is 79.2 Å². The summed E-state index contributed by atoms with van der Waals surface area (Å²) in [6.45, 7) is 2.40. The van der Waals surface area contributed by atoms with Gasteiger partial charge in [0.05, 0.1) is 11.1 Å². The molecular weight excluding hydrogens is 382 g/mol. The van der Waals surface area contributed by atoms with Crippen molar-refractivity contribution in [3.63, 3.8) is 0 Å². The maximum Gasteiger partial charge on any atom is 0.0574 e. The van der Waals surface area contributed by atoms with Crippen LogP contribution in [0, 0.1) is 11.3 Å². The van der Waals surface area contributed by atoms with Gasteiger partial charge in [0.1, 0.15) is 0 Å². The molecule has 1 aliphatic carbocycles. The molecule has 1 fully saturated rings. The molecule has 2 heterocycles. The van der Waals surface area contributed by atoms with Gasteiger partial charge in [-0.15, -0.1) is 11.8 Å². The fourth-order valence-corrected chi connectivity index (χ4v) is 7.00. The van der Waals surface area contributed by atoms with E-state index in [0.29, 0.717) is 17.1 Å². The summed E-state index contributed by atoms with van der Waals surface area (Å²) in [7, 11) is 0. The molecule has 0 radical (unpaired) electrons. The van der Waals surface area contributed by atoms with E-state index in [9.17, 15) is 0 Å². The summed E-state index contributed by atoms with van der Waals surface area (Å²) < 4.78 is 0. The quantitative estimate of drug-likeness (QED) is 0.547. The van der Waals surface area contributed by atoms with Crippen LogP contribution in [0.2, 0.25) is 5.02 Å². The van der Waals surface area contributed by atoms with E-state index in [1.807, 2.05) is 30.1 Å². The van der Waals surface area contributed by atoms with Crippen LogP contribution in [0.1, 0.15) is 24.0 Å². The summed E-state index contributed by atoms with van der Waals surface area (Å²) in [6.07, 6.45) is 11.9. The Morgan fingerprint density at radius 1 is 1.04 bits per heavy atom. The smallest absolute Gasteiger partial charge is 0.0574 e. The first-order valence-electron chi connectivity index (χ1n) is 9.80. The van der Waals surface area contributed by atoms with Crippen LogP contribution in [-0.2, 0) is 6.42 Å². The lowest BCUT2D eigenvalue weighted by Gasteiger charge is -2.44. The van der Waals surface area contributed by atoms with E-state index in [1.165, 1.54) is 21.7 Å². The summed E-state index contributed by atoms with van der Waals surface area (Å²) in [4.78, 5) is 6.28. The van der Waals surface area contributed by atoms with Crippen LogP contribution in [0.3, 0.4) is 0 Å². The predicted molar refractivity (Wildman–Crippen MR) is 121 cm³/mol. The minimum absolute atomic E-state index is 0.0819. The van der Waals surface area contributed by atoms with E-state index in [-0.39, 0.29) is 5.41 Å². The second-order valence-electron chi connectivity index (χ2n) is 7.74. The zero-order chi connectivity index (χ0) is 19.1. The number of hydrogen-bond acceptors (Lipinski definition) is 2. The maximum atomic E-state index is 6.49. The zero-order valence-corrected chi connectivity index (χ0v) is 17.3. The molecule has 0 N–H and O–H groups in total. The number of hydrogen-bond donors (Lipinski definition) is 0. The number of aliphatic imine (C=N–C) groups is 1. The van der Waals surface area contributed by atoms with E-state index in [1.54, 1.807) is 0 Å². The Balaban J connectivity index is 1.59. The molecule has 1 saturated heterocycles. The molecule has 0 bridgehead atoms. The Hall–Kier alpha value is -2.03. The second kappa shape index (κ2) is 7.09. The number of dihydropyridines is 1. The lowest BCUT2D eigenvalue weighted by Crippen LogP contribution is -2.39. The Kier molecular flexibility index (Phi) is 4.57. The van der Waals surface area contributed by atoms with Gasteiger partial charge in [-0.2, -0.15) is 0 Å². The van der Waals surface area contributed by atoms with Gasteiger partial charge in [-0.05, 0) is 41.7 Å². The van der Waals surface area contributed by atoms with E-state index in [0.717, 1.165) is 11.4 Å². The second-order valence-corrected chi connectivity index (χ2v) is 9.43. The van der Waals surface area contributed by atoms with Crippen molar-refractivity contribution >= 4 is 29.6 Å². The molecule has 4 atom stereocenters. The lowest BCUT2D eigenvalue weighted by molar-refractivity contribution is 0.266. The fraction of sp³-hybridized carbons (Fsp3) is 0.240. The molecule has 2 aromatic rings. The van der Waals surface area contributed by atoms with Gasteiger partial charge in [-0.3, -0.25) is 4.99 Å². The molecule has 5 rings (SSSR count). The first-order chi connectivity index (χ1) is 13.7. The molecule has 3 aliphatic rings. The summed E-state index contributed by atoms with van der Waals surface area (Å²) in [6, 6.07) is 19.1. The van der Waals surface area contributed by atoms with Crippen LogP contribution in [-0.4, -0.2) is 11.5 Å². The number of thioether (sulfide) groups is 1. The van der Waals surface area contributed by atoms with Crippen LogP contribution in [0.25, 0.3) is 0 Å². The Labute approximate surface area is 175 Å². The van der Waals surface area contributed by atoms with Crippen molar-refractivity contribution in [1.29, 1.82) is 0 Å². The van der Waals surface area contributed by atoms with E-state index in [2.05, 4.69) is 73.7 Å². The SMILES string of the molecule is CC1C(Cc2ccccc2Cl)SC2=CC=NC3=CC=CC(c4ccccc4)C321. The minimum atomic E-state index is -0.0819. The zero-order valence-electron chi connectivity index (χ0n) is 15.8.